The van der Waals surface area contributed by atoms with Gasteiger partial charge in [-0.05, 0) is 13.3 Å². The Morgan fingerprint density at radius 1 is 1.28 bits per heavy atom. The third-order valence-corrected chi connectivity index (χ3v) is 2.72. The van der Waals surface area contributed by atoms with Crippen molar-refractivity contribution in [3.63, 3.8) is 0 Å². The number of H-pyrrole nitrogens is 2. The second kappa shape index (κ2) is 5.03. The van der Waals surface area contributed by atoms with Gasteiger partial charge in [0.2, 0.25) is 0 Å². The van der Waals surface area contributed by atoms with Crippen molar-refractivity contribution >= 4 is 10.8 Å². The van der Waals surface area contributed by atoms with E-state index in [2.05, 4.69) is 22.1 Å². The smallest absolute Gasteiger partial charge is 0.274 e. The summed E-state index contributed by atoms with van der Waals surface area (Å²) in [5, 5.41) is 5.08. The lowest BCUT2D eigenvalue weighted by Gasteiger charge is -2.09. The molecule has 18 heavy (non-hydrogen) atoms. The Balaban J connectivity index is 2.63. The van der Waals surface area contributed by atoms with Crippen LogP contribution in [0.15, 0.2) is 15.8 Å². The number of hydrogen-bond donors (Lipinski definition) is 2. The van der Waals surface area contributed by atoms with Crippen molar-refractivity contribution in [1.29, 1.82) is 0 Å². The summed E-state index contributed by atoms with van der Waals surface area (Å²) >= 11 is 0. The van der Waals surface area contributed by atoms with Crippen LogP contribution in [-0.4, -0.2) is 21.8 Å². The molecule has 0 aromatic carbocycles. The van der Waals surface area contributed by atoms with Crippen LogP contribution in [0.3, 0.4) is 0 Å². The summed E-state index contributed by atoms with van der Waals surface area (Å²) in [6.07, 6.45) is 3.27. The second-order valence-electron chi connectivity index (χ2n) is 4.07. The van der Waals surface area contributed by atoms with Gasteiger partial charge in [0.05, 0.1) is 23.1 Å². The number of aromatic amines is 2. The molecule has 2 N–H and O–H groups in total. The van der Waals surface area contributed by atoms with E-state index in [-0.39, 0.29) is 21.9 Å². The highest BCUT2D eigenvalue weighted by atomic mass is 16.5. The monoisotopic (exact) mass is 249 g/mol. The topological polar surface area (TPSA) is 87.8 Å². The number of nitrogens with one attached hydrogen (secondary N) is 2. The van der Waals surface area contributed by atoms with Crippen molar-refractivity contribution in [2.75, 3.05) is 6.61 Å². The van der Waals surface area contributed by atoms with Gasteiger partial charge < -0.3 is 4.74 Å². The van der Waals surface area contributed by atoms with E-state index in [0.29, 0.717) is 18.1 Å². The summed E-state index contributed by atoms with van der Waals surface area (Å²) in [6.45, 7) is 4.31. The van der Waals surface area contributed by atoms with Crippen LogP contribution in [0.4, 0.5) is 0 Å². The first-order chi connectivity index (χ1) is 8.65. The molecule has 2 heterocycles. The van der Waals surface area contributed by atoms with Crippen LogP contribution >= 0.6 is 0 Å². The highest BCUT2D eigenvalue weighted by molar-refractivity contribution is 5.86. The largest absolute Gasteiger partial charge is 0.491 e. The Kier molecular flexibility index (Phi) is 3.45. The van der Waals surface area contributed by atoms with E-state index in [1.54, 1.807) is 6.92 Å². The number of hydrogen-bond acceptors (Lipinski definition) is 4. The van der Waals surface area contributed by atoms with Crippen LogP contribution in [0.2, 0.25) is 0 Å². The van der Waals surface area contributed by atoms with Gasteiger partial charge in [-0.3, -0.25) is 24.8 Å². The summed E-state index contributed by atoms with van der Waals surface area (Å²) in [6, 6.07) is 0. The van der Waals surface area contributed by atoms with Gasteiger partial charge in [-0.1, -0.05) is 13.3 Å². The first-order valence-electron chi connectivity index (χ1n) is 5.88. The predicted molar refractivity (Wildman–Crippen MR) is 68.1 cm³/mol. The molecule has 0 atom stereocenters. The molecular formula is C12H15N3O3. The number of fused-ring (bicyclic) bond motifs is 1. The molecule has 0 aliphatic rings. The minimum absolute atomic E-state index is 0.246. The van der Waals surface area contributed by atoms with Gasteiger partial charge in [0, 0.05) is 6.20 Å². The van der Waals surface area contributed by atoms with E-state index in [9.17, 15) is 9.59 Å². The molecule has 0 amide bonds. The van der Waals surface area contributed by atoms with Gasteiger partial charge in [-0.2, -0.15) is 0 Å². The molecule has 6 heteroatoms. The standard InChI is InChI=1S/C12H15N3O3/c1-3-4-5-18-10-7(2)13-6-8-9(10)12(17)15-14-11(8)16/h6H,3-5H2,1-2H3,(H,14,16)(H,15,17). The van der Waals surface area contributed by atoms with Crippen molar-refractivity contribution in [1.82, 2.24) is 15.2 Å². The maximum Gasteiger partial charge on any atom is 0.274 e. The van der Waals surface area contributed by atoms with Gasteiger partial charge in [-0.15, -0.1) is 0 Å². The molecule has 6 nitrogen and oxygen atoms in total. The predicted octanol–water partition coefficient (Wildman–Crippen LogP) is 1.10. The Hall–Kier alpha value is -2.11. The highest BCUT2D eigenvalue weighted by Gasteiger charge is 2.13. The van der Waals surface area contributed by atoms with Gasteiger partial charge in [0.15, 0.2) is 5.75 Å². The number of aromatic nitrogens is 3. The van der Waals surface area contributed by atoms with Crippen molar-refractivity contribution in [2.24, 2.45) is 0 Å². The zero-order chi connectivity index (χ0) is 13.1. The van der Waals surface area contributed by atoms with Crippen LogP contribution in [-0.2, 0) is 0 Å². The van der Waals surface area contributed by atoms with Crippen molar-refractivity contribution in [2.45, 2.75) is 26.7 Å². The van der Waals surface area contributed by atoms with Crippen LogP contribution < -0.4 is 15.9 Å². The van der Waals surface area contributed by atoms with Crippen LogP contribution in [0.1, 0.15) is 25.5 Å². The highest BCUT2D eigenvalue weighted by Crippen LogP contribution is 2.22. The Bertz CT molecular complexity index is 672. The van der Waals surface area contributed by atoms with Crippen LogP contribution in [0, 0.1) is 6.92 Å². The molecule has 0 aliphatic heterocycles. The molecular weight excluding hydrogens is 234 g/mol. The first kappa shape index (κ1) is 12.3. The third kappa shape index (κ3) is 2.13. The van der Waals surface area contributed by atoms with E-state index in [4.69, 9.17) is 4.74 Å². The number of pyridine rings is 1. The number of rotatable bonds is 4. The zero-order valence-corrected chi connectivity index (χ0v) is 10.4. The number of nitrogens with zero attached hydrogens (tertiary/aromatic N) is 1. The number of aryl methyl sites for hydroxylation is 1. The molecule has 0 saturated carbocycles. The first-order valence-corrected chi connectivity index (χ1v) is 5.88. The molecule has 2 aromatic heterocycles. The minimum Gasteiger partial charge on any atom is -0.491 e. The Morgan fingerprint density at radius 2 is 2.00 bits per heavy atom. The molecule has 0 radical (unpaired) electrons. The maximum absolute atomic E-state index is 11.8. The molecule has 0 aliphatic carbocycles. The summed E-state index contributed by atoms with van der Waals surface area (Å²) in [4.78, 5) is 27.5. The fourth-order valence-electron chi connectivity index (χ4n) is 1.72. The van der Waals surface area contributed by atoms with Gasteiger partial charge in [0.25, 0.3) is 11.1 Å². The summed E-state index contributed by atoms with van der Waals surface area (Å²) in [5.74, 6) is 0.397. The minimum atomic E-state index is -0.377. The van der Waals surface area contributed by atoms with Gasteiger partial charge in [0.1, 0.15) is 0 Å². The Labute approximate surface area is 103 Å². The van der Waals surface area contributed by atoms with Crippen molar-refractivity contribution in [3.05, 3.63) is 32.6 Å². The van der Waals surface area contributed by atoms with E-state index in [1.165, 1.54) is 6.20 Å². The number of ether oxygens (including phenoxy) is 1. The normalized spacial score (nSPS) is 10.8. The van der Waals surface area contributed by atoms with Crippen LogP contribution in [0.5, 0.6) is 5.75 Å². The van der Waals surface area contributed by atoms with Gasteiger partial charge >= 0.3 is 0 Å². The molecule has 0 bridgehead atoms. The average molecular weight is 249 g/mol. The SMILES string of the molecule is CCCCOc1c(C)ncc2c(=O)[nH][nH]c(=O)c12. The molecule has 0 unspecified atom stereocenters. The van der Waals surface area contributed by atoms with E-state index in [1.807, 2.05) is 0 Å². The molecule has 96 valence electrons. The van der Waals surface area contributed by atoms with Crippen molar-refractivity contribution < 1.29 is 4.74 Å². The Morgan fingerprint density at radius 3 is 2.72 bits per heavy atom. The summed E-state index contributed by atoms with van der Waals surface area (Å²) in [7, 11) is 0. The zero-order valence-electron chi connectivity index (χ0n) is 10.4. The summed E-state index contributed by atoms with van der Waals surface area (Å²) < 4.78 is 5.59. The third-order valence-electron chi connectivity index (χ3n) is 2.72. The summed E-state index contributed by atoms with van der Waals surface area (Å²) in [5.41, 5.74) is -0.145. The second-order valence-corrected chi connectivity index (χ2v) is 4.07. The van der Waals surface area contributed by atoms with Crippen molar-refractivity contribution in [3.8, 4) is 5.75 Å². The molecule has 2 rings (SSSR count). The molecule has 0 spiro atoms. The molecule has 2 aromatic rings. The maximum atomic E-state index is 11.8. The van der Waals surface area contributed by atoms with E-state index >= 15 is 0 Å². The molecule has 0 fully saturated rings. The van der Waals surface area contributed by atoms with Gasteiger partial charge in [-0.25, -0.2) is 0 Å². The van der Waals surface area contributed by atoms with E-state index < -0.39 is 0 Å². The fraction of sp³-hybridized carbons (Fsp3) is 0.417. The lowest BCUT2D eigenvalue weighted by atomic mass is 10.2. The lowest BCUT2D eigenvalue weighted by Crippen LogP contribution is -2.20. The number of unbranched alkanes of at least 4 members (excludes halogenated alkanes) is 1. The van der Waals surface area contributed by atoms with E-state index in [0.717, 1.165) is 12.8 Å². The molecule has 0 saturated heterocycles. The fourth-order valence-corrected chi connectivity index (χ4v) is 1.72. The average Bonchev–Trinajstić information content (AvgIpc) is 2.36. The quantitative estimate of drug-likeness (QED) is 0.794. The lowest BCUT2D eigenvalue weighted by molar-refractivity contribution is 0.309. The van der Waals surface area contributed by atoms with Crippen LogP contribution in [0.25, 0.3) is 10.8 Å².